The first-order chi connectivity index (χ1) is 13.3. The third-order valence-corrected chi connectivity index (χ3v) is 6.73. The van der Waals surface area contributed by atoms with Crippen molar-refractivity contribution in [1.82, 2.24) is 9.62 Å². The van der Waals surface area contributed by atoms with Crippen LogP contribution in [0.1, 0.15) is 61.8 Å². The largest absolute Gasteiger partial charge is 0.388 e. The van der Waals surface area contributed by atoms with Gasteiger partial charge in [0.05, 0.1) is 31.6 Å². The van der Waals surface area contributed by atoms with E-state index in [2.05, 4.69) is 4.72 Å². The van der Waals surface area contributed by atoms with Gasteiger partial charge in [0.25, 0.3) is 0 Å². The van der Waals surface area contributed by atoms with Crippen LogP contribution in [-0.2, 0) is 19.6 Å². The molecule has 0 bridgehead atoms. The van der Waals surface area contributed by atoms with E-state index in [1.54, 1.807) is 13.8 Å². The van der Waals surface area contributed by atoms with Gasteiger partial charge in [0.2, 0.25) is 15.9 Å². The highest BCUT2D eigenvalue weighted by Gasteiger charge is 2.45. The molecule has 0 spiro atoms. The van der Waals surface area contributed by atoms with E-state index in [-0.39, 0.29) is 37.1 Å². The van der Waals surface area contributed by atoms with Crippen LogP contribution in [0.15, 0.2) is 0 Å². The number of likely N-dealkylation sites (tertiary alicyclic amines) is 1. The Bertz CT molecular complexity index is 693. The van der Waals surface area contributed by atoms with Crippen LogP contribution in [0.2, 0.25) is 0 Å². The summed E-state index contributed by atoms with van der Waals surface area (Å²) in [4.78, 5) is 14.4. The third kappa shape index (κ3) is 7.73. The number of sulfonamides is 1. The van der Waals surface area contributed by atoms with Crippen LogP contribution in [0.4, 0.5) is 4.39 Å². The summed E-state index contributed by atoms with van der Waals surface area (Å²) in [6.45, 7) is 15.4. The van der Waals surface area contributed by atoms with Gasteiger partial charge in [-0.1, -0.05) is 48.5 Å². The molecule has 2 N–H and O–H groups in total. The van der Waals surface area contributed by atoms with Crippen molar-refractivity contribution in [2.24, 2.45) is 16.2 Å². The lowest BCUT2D eigenvalue weighted by molar-refractivity contribution is -0.142. The van der Waals surface area contributed by atoms with Crippen molar-refractivity contribution in [3.63, 3.8) is 0 Å². The number of alkyl halides is 1. The van der Waals surface area contributed by atoms with Crippen molar-refractivity contribution in [2.45, 2.75) is 86.2 Å². The molecule has 7 nitrogen and oxygen atoms in total. The monoisotopic (exact) mass is 452 g/mol. The summed E-state index contributed by atoms with van der Waals surface area (Å²) in [5.74, 6) is -0.253. The number of aliphatic hydroxyl groups is 1. The normalized spacial score (nSPS) is 23.5. The fourth-order valence-corrected chi connectivity index (χ4v) is 4.75. The number of β-amino-alcohol motifs (C(OH)–C–C–N with tert-alkyl or cyclic N) is 1. The van der Waals surface area contributed by atoms with Gasteiger partial charge in [-0.3, -0.25) is 4.79 Å². The Kier molecular flexibility index (Phi) is 8.53. The fourth-order valence-electron chi connectivity index (χ4n) is 3.85. The fraction of sp³-hybridized carbons (Fsp3) is 0.952. The zero-order valence-corrected chi connectivity index (χ0v) is 20.8. The number of hydrogen-bond acceptors (Lipinski definition) is 5. The first-order valence-electron chi connectivity index (χ1n) is 10.5. The van der Waals surface area contributed by atoms with Gasteiger partial charge >= 0.3 is 0 Å². The van der Waals surface area contributed by atoms with Gasteiger partial charge in [0, 0.05) is 12.0 Å². The van der Waals surface area contributed by atoms with E-state index in [1.807, 2.05) is 41.5 Å². The van der Waals surface area contributed by atoms with E-state index >= 15 is 0 Å². The molecule has 0 saturated carbocycles. The van der Waals surface area contributed by atoms with Gasteiger partial charge in [-0.05, 0) is 24.2 Å². The number of nitrogens with zero attached hydrogens (tertiary/aromatic N) is 1. The molecule has 1 aliphatic heterocycles. The van der Waals surface area contributed by atoms with Crippen LogP contribution < -0.4 is 4.72 Å². The number of rotatable bonds is 9. The Labute approximate surface area is 181 Å². The average molecular weight is 453 g/mol. The molecular weight excluding hydrogens is 411 g/mol. The molecule has 0 aliphatic carbocycles. The minimum Gasteiger partial charge on any atom is -0.388 e. The van der Waals surface area contributed by atoms with Crippen LogP contribution in [0.5, 0.6) is 0 Å². The topological polar surface area (TPSA) is 95.9 Å². The van der Waals surface area contributed by atoms with Gasteiger partial charge in [0.1, 0.15) is 12.3 Å². The summed E-state index contributed by atoms with van der Waals surface area (Å²) in [6.07, 6.45) is -1.25. The van der Waals surface area contributed by atoms with Crippen LogP contribution >= 0.6 is 0 Å². The SMILES string of the molecule is CC(OCC(NS(C)(=O)=O)C(C)(C)CC(C)(C)C(=O)N1CC(O)C(F)C1)C(C)(C)C. The maximum Gasteiger partial charge on any atom is 0.228 e. The molecule has 4 atom stereocenters. The molecule has 1 amide bonds. The standard InChI is InChI=1S/C21H41FN2O5S/c1-14(19(2,3)4)29-12-17(23-30(9,27)28)20(5,6)13-21(7,8)18(26)24-10-15(22)16(25)11-24/h14-17,23,25H,10-13H2,1-9H3. The van der Waals surface area contributed by atoms with Crippen LogP contribution in [0.25, 0.3) is 0 Å². The summed E-state index contributed by atoms with van der Waals surface area (Å²) in [7, 11) is -3.50. The quantitative estimate of drug-likeness (QED) is 0.560. The molecular formula is C21H41FN2O5S. The molecule has 1 heterocycles. The zero-order chi connectivity index (χ0) is 23.7. The molecule has 1 saturated heterocycles. The lowest BCUT2D eigenvalue weighted by Gasteiger charge is -2.41. The molecule has 1 aliphatic rings. The Morgan fingerprint density at radius 2 is 1.73 bits per heavy atom. The van der Waals surface area contributed by atoms with Crippen molar-refractivity contribution in [3.8, 4) is 0 Å². The van der Waals surface area contributed by atoms with E-state index in [9.17, 15) is 22.7 Å². The number of hydrogen-bond donors (Lipinski definition) is 2. The van der Waals surface area contributed by atoms with Gasteiger partial charge < -0.3 is 14.7 Å². The first-order valence-corrected chi connectivity index (χ1v) is 12.4. The summed E-state index contributed by atoms with van der Waals surface area (Å²) in [5, 5.41) is 9.66. The van der Waals surface area contributed by atoms with E-state index in [4.69, 9.17) is 4.74 Å². The number of halogens is 1. The lowest BCUT2D eigenvalue weighted by atomic mass is 9.70. The molecule has 178 valence electrons. The maximum absolute atomic E-state index is 13.7. The highest BCUT2D eigenvalue weighted by atomic mass is 32.2. The summed E-state index contributed by atoms with van der Waals surface area (Å²) < 4.78 is 46.4. The molecule has 9 heteroatoms. The Morgan fingerprint density at radius 1 is 1.20 bits per heavy atom. The number of amides is 1. The minimum absolute atomic E-state index is 0.0267. The van der Waals surface area contributed by atoms with Crippen LogP contribution in [-0.4, -0.2) is 74.7 Å². The van der Waals surface area contributed by atoms with Crippen molar-refractivity contribution >= 4 is 15.9 Å². The summed E-state index contributed by atoms with van der Waals surface area (Å²) in [6, 6.07) is -0.553. The second-order valence-electron chi connectivity index (χ2n) is 11.1. The van der Waals surface area contributed by atoms with E-state index < -0.39 is 39.2 Å². The number of aliphatic hydroxyl groups excluding tert-OH is 1. The van der Waals surface area contributed by atoms with Crippen LogP contribution in [0, 0.1) is 16.2 Å². The highest BCUT2D eigenvalue weighted by Crippen LogP contribution is 2.39. The highest BCUT2D eigenvalue weighted by molar-refractivity contribution is 7.88. The Morgan fingerprint density at radius 3 is 2.13 bits per heavy atom. The predicted octanol–water partition coefficient (Wildman–Crippen LogP) is 2.34. The van der Waals surface area contributed by atoms with Crippen molar-refractivity contribution < 1.29 is 27.4 Å². The Hall–Kier alpha value is -0.770. The van der Waals surface area contributed by atoms with Gasteiger partial charge in [-0.25, -0.2) is 17.5 Å². The summed E-state index contributed by atoms with van der Waals surface area (Å²) >= 11 is 0. The smallest absolute Gasteiger partial charge is 0.228 e. The number of carbonyl (C=O) groups is 1. The van der Waals surface area contributed by atoms with Crippen LogP contribution in [0.3, 0.4) is 0 Å². The van der Waals surface area contributed by atoms with Crippen molar-refractivity contribution in [3.05, 3.63) is 0 Å². The maximum atomic E-state index is 13.7. The summed E-state index contributed by atoms with van der Waals surface area (Å²) in [5.41, 5.74) is -1.61. The van der Waals surface area contributed by atoms with Gasteiger partial charge in [-0.15, -0.1) is 0 Å². The van der Waals surface area contributed by atoms with Gasteiger partial charge in [0.15, 0.2) is 0 Å². The number of nitrogens with one attached hydrogen (secondary N) is 1. The molecule has 4 unspecified atom stereocenters. The minimum atomic E-state index is -3.50. The molecule has 0 aromatic carbocycles. The molecule has 1 fully saturated rings. The van der Waals surface area contributed by atoms with E-state index in [0.717, 1.165) is 6.26 Å². The Balaban J connectivity index is 3.00. The van der Waals surface area contributed by atoms with E-state index in [0.29, 0.717) is 6.42 Å². The zero-order valence-electron chi connectivity index (χ0n) is 20.0. The number of carbonyl (C=O) groups excluding carboxylic acids is 1. The number of ether oxygens (including phenoxy) is 1. The molecule has 0 aromatic rings. The molecule has 1 rings (SSSR count). The average Bonchev–Trinajstić information content (AvgIpc) is 2.86. The molecule has 0 radical (unpaired) electrons. The molecule has 0 aromatic heterocycles. The third-order valence-electron chi connectivity index (χ3n) is 6.02. The lowest BCUT2D eigenvalue weighted by Crippen LogP contribution is -2.52. The van der Waals surface area contributed by atoms with Crippen molar-refractivity contribution in [2.75, 3.05) is 26.0 Å². The predicted molar refractivity (Wildman–Crippen MR) is 116 cm³/mol. The van der Waals surface area contributed by atoms with Gasteiger partial charge in [-0.2, -0.15) is 0 Å². The second kappa shape index (κ2) is 9.38. The first kappa shape index (κ1) is 27.3. The van der Waals surface area contributed by atoms with Crippen molar-refractivity contribution in [1.29, 1.82) is 0 Å². The van der Waals surface area contributed by atoms with E-state index in [1.165, 1.54) is 4.90 Å². The molecule has 30 heavy (non-hydrogen) atoms. The second-order valence-corrected chi connectivity index (χ2v) is 12.9.